The molecule has 6 nitrogen and oxygen atoms in total. The highest BCUT2D eigenvalue weighted by atomic mass is 16.6. The molecule has 0 heterocycles. The molecule has 6 heteroatoms. The summed E-state index contributed by atoms with van der Waals surface area (Å²) in [5.74, 6) is -0.875. The maximum Gasteiger partial charge on any atom is 0.306 e. The van der Waals surface area contributed by atoms with Gasteiger partial charge < -0.3 is 14.2 Å². The Bertz CT molecular complexity index is 1050. The van der Waals surface area contributed by atoms with Crippen molar-refractivity contribution in [3.05, 3.63) is 36.5 Å². The number of hydrogen-bond acceptors (Lipinski definition) is 6. The second-order valence-electron chi connectivity index (χ2n) is 18.1. The summed E-state index contributed by atoms with van der Waals surface area (Å²) in [7, 11) is 0. The summed E-state index contributed by atoms with van der Waals surface area (Å²) in [5, 5.41) is 0. The van der Waals surface area contributed by atoms with Crippen LogP contribution in [0.15, 0.2) is 36.5 Å². The average molecular weight is 871 g/mol. The highest BCUT2D eigenvalue weighted by molar-refractivity contribution is 5.71. The minimum atomic E-state index is -0.772. The maximum absolute atomic E-state index is 12.8. The standard InChI is InChI=1S/C56H102O6/c1-4-7-10-13-16-19-22-25-26-27-28-29-30-32-35-37-40-43-46-49-55(58)61-52-53(62-56(59)50-47-44-41-38-33-24-21-18-15-12-9-6-3)51-60-54(57)48-45-42-39-36-34-31-23-20-17-14-11-8-5-2/h16,19-20,23,25-26,53H,4-15,17-18,21-22,24,27-52H2,1-3H3/b19-16-,23-20-,26-25-/t53-/m0/s1. The first kappa shape index (κ1) is 59.6. The van der Waals surface area contributed by atoms with Gasteiger partial charge in [-0.1, -0.05) is 224 Å². The average Bonchev–Trinajstić information content (AvgIpc) is 3.27. The number of carbonyl (C=O) groups excluding carboxylic acids is 3. The molecule has 0 N–H and O–H groups in total. The maximum atomic E-state index is 12.8. The van der Waals surface area contributed by atoms with Gasteiger partial charge in [-0.3, -0.25) is 14.4 Å². The number of hydrogen-bond donors (Lipinski definition) is 0. The van der Waals surface area contributed by atoms with E-state index < -0.39 is 6.10 Å². The molecule has 362 valence electrons. The summed E-state index contributed by atoms with van der Waals surface area (Å²) < 4.78 is 16.8. The van der Waals surface area contributed by atoms with Gasteiger partial charge >= 0.3 is 17.9 Å². The van der Waals surface area contributed by atoms with E-state index in [1.165, 1.54) is 173 Å². The first-order chi connectivity index (χ1) is 30.5. The zero-order valence-electron chi connectivity index (χ0n) is 41.4. The molecule has 0 bridgehead atoms. The fourth-order valence-electron chi connectivity index (χ4n) is 7.76. The van der Waals surface area contributed by atoms with E-state index in [1.807, 2.05) is 0 Å². The molecule has 0 rings (SSSR count). The van der Waals surface area contributed by atoms with Crippen LogP contribution in [0.1, 0.15) is 284 Å². The minimum Gasteiger partial charge on any atom is -0.462 e. The molecule has 0 aromatic rings. The Morgan fingerprint density at radius 1 is 0.323 bits per heavy atom. The molecule has 0 unspecified atom stereocenters. The Morgan fingerprint density at radius 2 is 0.581 bits per heavy atom. The van der Waals surface area contributed by atoms with Crippen LogP contribution in [-0.4, -0.2) is 37.2 Å². The molecule has 0 saturated carbocycles. The van der Waals surface area contributed by atoms with E-state index in [4.69, 9.17) is 14.2 Å². The van der Waals surface area contributed by atoms with Crippen LogP contribution in [0.2, 0.25) is 0 Å². The van der Waals surface area contributed by atoms with Gasteiger partial charge in [0, 0.05) is 19.3 Å². The molecule has 0 aromatic heterocycles. The number of carbonyl (C=O) groups is 3. The number of esters is 3. The summed E-state index contributed by atoms with van der Waals surface area (Å²) in [6.45, 7) is 6.61. The van der Waals surface area contributed by atoms with Gasteiger partial charge in [-0.25, -0.2) is 0 Å². The van der Waals surface area contributed by atoms with Crippen LogP contribution in [-0.2, 0) is 28.6 Å². The molecular formula is C56H102O6. The molecule has 0 fully saturated rings. The monoisotopic (exact) mass is 871 g/mol. The van der Waals surface area contributed by atoms with Gasteiger partial charge in [-0.2, -0.15) is 0 Å². The third-order valence-electron chi connectivity index (χ3n) is 11.9. The molecule has 0 saturated heterocycles. The van der Waals surface area contributed by atoms with Crippen LogP contribution in [0.4, 0.5) is 0 Å². The van der Waals surface area contributed by atoms with E-state index in [0.29, 0.717) is 19.3 Å². The first-order valence-corrected chi connectivity index (χ1v) is 27.0. The van der Waals surface area contributed by atoms with Gasteiger partial charge in [-0.15, -0.1) is 0 Å². The molecule has 1 atom stereocenters. The second kappa shape index (κ2) is 51.3. The van der Waals surface area contributed by atoms with E-state index >= 15 is 0 Å². The molecule has 0 amide bonds. The van der Waals surface area contributed by atoms with Crippen molar-refractivity contribution in [1.82, 2.24) is 0 Å². The van der Waals surface area contributed by atoms with Gasteiger partial charge in [0.25, 0.3) is 0 Å². The topological polar surface area (TPSA) is 78.9 Å². The Hall–Kier alpha value is -2.37. The highest BCUT2D eigenvalue weighted by Crippen LogP contribution is 2.15. The Labute approximate surface area is 385 Å². The van der Waals surface area contributed by atoms with Crippen molar-refractivity contribution in [1.29, 1.82) is 0 Å². The summed E-state index contributed by atoms with van der Waals surface area (Å²) in [4.78, 5) is 38.0. The minimum absolute atomic E-state index is 0.0740. The zero-order valence-corrected chi connectivity index (χ0v) is 41.4. The zero-order chi connectivity index (χ0) is 45.1. The van der Waals surface area contributed by atoms with Crippen LogP contribution >= 0.6 is 0 Å². The lowest BCUT2D eigenvalue weighted by Gasteiger charge is -2.18. The molecule has 0 aromatic carbocycles. The third kappa shape index (κ3) is 48.7. The first-order valence-electron chi connectivity index (χ1n) is 27.0. The van der Waals surface area contributed by atoms with Crippen LogP contribution in [0, 0.1) is 0 Å². The largest absolute Gasteiger partial charge is 0.462 e. The third-order valence-corrected chi connectivity index (χ3v) is 11.9. The van der Waals surface area contributed by atoms with E-state index in [1.54, 1.807) is 0 Å². The molecule has 62 heavy (non-hydrogen) atoms. The summed E-state index contributed by atoms with van der Waals surface area (Å²) >= 11 is 0. The van der Waals surface area contributed by atoms with Crippen LogP contribution < -0.4 is 0 Å². The number of unbranched alkanes of at least 4 members (excludes halogenated alkanes) is 32. The normalized spacial score (nSPS) is 12.2. The van der Waals surface area contributed by atoms with Crippen molar-refractivity contribution >= 4 is 17.9 Å². The van der Waals surface area contributed by atoms with Crippen molar-refractivity contribution in [2.24, 2.45) is 0 Å². The highest BCUT2D eigenvalue weighted by Gasteiger charge is 2.19. The lowest BCUT2D eigenvalue weighted by Crippen LogP contribution is -2.30. The summed E-state index contributed by atoms with van der Waals surface area (Å²) in [6.07, 6.45) is 59.8. The van der Waals surface area contributed by atoms with E-state index in [-0.39, 0.29) is 31.1 Å². The Balaban J connectivity index is 4.32. The smallest absolute Gasteiger partial charge is 0.306 e. The molecule has 0 aliphatic carbocycles. The summed E-state index contributed by atoms with van der Waals surface area (Å²) in [5.41, 5.74) is 0. The quantitative estimate of drug-likeness (QED) is 0.0262. The molecular weight excluding hydrogens is 769 g/mol. The predicted octanol–water partition coefficient (Wildman–Crippen LogP) is 17.7. The van der Waals surface area contributed by atoms with Crippen molar-refractivity contribution in [2.45, 2.75) is 290 Å². The van der Waals surface area contributed by atoms with Crippen LogP contribution in [0.3, 0.4) is 0 Å². The number of ether oxygens (including phenoxy) is 3. The van der Waals surface area contributed by atoms with Gasteiger partial charge in [0.2, 0.25) is 0 Å². The van der Waals surface area contributed by atoms with Crippen molar-refractivity contribution in [2.75, 3.05) is 13.2 Å². The van der Waals surface area contributed by atoms with Crippen LogP contribution in [0.25, 0.3) is 0 Å². The molecule has 0 spiro atoms. The van der Waals surface area contributed by atoms with E-state index in [2.05, 4.69) is 57.2 Å². The Morgan fingerprint density at radius 3 is 0.952 bits per heavy atom. The van der Waals surface area contributed by atoms with Crippen molar-refractivity contribution in [3.8, 4) is 0 Å². The number of rotatable bonds is 49. The Kier molecular flexibility index (Phi) is 49.3. The van der Waals surface area contributed by atoms with Gasteiger partial charge in [0.1, 0.15) is 13.2 Å². The van der Waals surface area contributed by atoms with Crippen LogP contribution in [0.5, 0.6) is 0 Å². The molecule has 0 radical (unpaired) electrons. The van der Waals surface area contributed by atoms with Crippen molar-refractivity contribution < 1.29 is 28.6 Å². The number of allylic oxidation sites excluding steroid dienone is 6. The SMILES string of the molecule is CCCCC/C=C\C/C=C\CCCCCCCCCCCC(=O)OC[C@H](COC(=O)CCCCCCC/C=C\CCCCCC)OC(=O)CCCCCCCCCCCCCC. The van der Waals surface area contributed by atoms with E-state index in [9.17, 15) is 14.4 Å². The fraction of sp³-hybridized carbons (Fsp3) is 0.839. The van der Waals surface area contributed by atoms with E-state index in [0.717, 1.165) is 70.6 Å². The molecule has 0 aliphatic heterocycles. The fourth-order valence-corrected chi connectivity index (χ4v) is 7.76. The second-order valence-corrected chi connectivity index (χ2v) is 18.1. The van der Waals surface area contributed by atoms with Gasteiger partial charge in [-0.05, 0) is 77.0 Å². The lowest BCUT2D eigenvalue weighted by atomic mass is 10.0. The van der Waals surface area contributed by atoms with Gasteiger partial charge in [0.15, 0.2) is 6.10 Å². The lowest BCUT2D eigenvalue weighted by molar-refractivity contribution is -0.167. The predicted molar refractivity (Wildman–Crippen MR) is 266 cm³/mol. The molecule has 0 aliphatic rings. The van der Waals surface area contributed by atoms with Gasteiger partial charge in [0.05, 0.1) is 0 Å². The van der Waals surface area contributed by atoms with Crippen molar-refractivity contribution in [3.63, 3.8) is 0 Å². The summed E-state index contributed by atoms with van der Waals surface area (Å²) in [6, 6.07) is 0.